The number of hydrogen-bond donors (Lipinski definition) is 2. The lowest BCUT2D eigenvalue weighted by Gasteiger charge is -2.26. The minimum absolute atomic E-state index is 0.0151. The van der Waals surface area contributed by atoms with Gasteiger partial charge in [0.25, 0.3) is 5.91 Å². The second-order valence-electron chi connectivity index (χ2n) is 8.64. The second kappa shape index (κ2) is 8.84. The van der Waals surface area contributed by atoms with Crippen LogP contribution < -0.4 is 5.32 Å². The van der Waals surface area contributed by atoms with E-state index in [9.17, 15) is 10.0 Å². The molecule has 1 aliphatic carbocycles. The third kappa shape index (κ3) is 3.89. The molecule has 0 saturated carbocycles. The van der Waals surface area contributed by atoms with Crippen molar-refractivity contribution in [3.05, 3.63) is 77.7 Å². The topological polar surface area (TPSA) is 104 Å². The third-order valence-corrected chi connectivity index (χ3v) is 6.56. The van der Waals surface area contributed by atoms with Crippen LogP contribution in [0.5, 0.6) is 0 Å². The maximum atomic E-state index is 12.8. The lowest BCUT2D eigenvalue weighted by atomic mass is 10.1. The van der Waals surface area contributed by atoms with Crippen molar-refractivity contribution in [2.24, 2.45) is 5.16 Å². The maximum Gasteiger partial charge on any atom is 0.254 e. The van der Waals surface area contributed by atoms with Crippen molar-refractivity contribution in [1.29, 1.82) is 0 Å². The number of amides is 1. The van der Waals surface area contributed by atoms with Crippen LogP contribution in [0.2, 0.25) is 0 Å². The Balaban J connectivity index is 1.34. The van der Waals surface area contributed by atoms with Crippen LogP contribution in [-0.4, -0.2) is 62.4 Å². The fourth-order valence-corrected chi connectivity index (χ4v) is 4.74. The predicted molar refractivity (Wildman–Crippen MR) is 132 cm³/mol. The molecule has 1 fully saturated rings. The molecule has 2 N–H and O–H groups in total. The summed E-state index contributed by atoms with van der Waals surface area (Å²) in [6.07, 6.45) is 6.89. The van der Waals surface area contributed by atoms with Crippen LogP contribution in [0.3, 0.4) is 0 Å². The molecule has 2 aromatic carbocycles. The molecule has 0 radical (unpaired) electrons. The van der Waals surface area contributed by atoms with Gasteiger partial charge < -0.3 is 20.2 Å². The number of oxime groups is 1. The summed E-state index contributed by atoms with van der Waals surface area (Å²) in [6.45, 7) is 2.37. The van der Waals surface area contributed by atoms with Gasteiger partial charge in [0.05, 0.1) is 25.1 Å². The summed E-state index contributed by atoms with van der Waals surface area (Å²) in [5.41, 5.74) is 6.80. The number of nitrogens with one attached hydrogen (secondary N) is 1. The SMILES string of the molecule is O=C(c1ccc(-c2nc3cnccn3c2Nc2ccc3c(c2)CC/C3=N\O)cc1)N1CCOCC1. The Bertz CT molecular complexity index is 1440. The summed E-state index contributed by atoms with van der Waals surface area (Å²) in [5.74, 6) is 0.824. The van der Waals surface area contributed by atoms with E-state index in [1.807, 2.05) is 51.9 Å². The van der Waals surface area contributed by atoms with E-state index in [0.717, 1.165) is 52.4 Å². The zero-order valence-electron chi connectivity index (χ0n) is 19.0. The van der Waals surface area contributed by atoms with E-state index in [2.05, 4.69) is 21.5 Å². The van der Waals surface area contributed by atoms with Crippen molar-refractivity contribution in [3.8, 4) is 11.3 Å². The fraction of sp³-hybridized carbons (Fsp3) is 0.231. The highest BCUT2D eigenvalue weighted by Crippen LogP contribution is 2.33. The Kier molecular flexibility index (Phi) is 5.38. The van der Waals surface area contributed by atoms with Crippen LogP contribution in [0.25, 0.3) is 16.9 Å². The number of aromatic nitrogens is 3. The third-order valence-electron chi connectivity index (χ3n) is 6.56. The number of carbonyl (C=O) groups excluding carboxylic acids is 1. The summed E-state index contributed by atoms with van der Waals surface area (Å²) < 4.78 is 7.32. The molecule has 6 rings (SSSR count). The predicted octanol–water partition coefficient (Wildman–Crippen LogP) is 3.74. The fourth-order valence-electron chi connectivity index (χ4n) is 4.74. The minimum atomic E-state index is 0.0151. The first-order chi connectivity index (χ1) is 17.2. The van der Waals surface area contributed by atoms with Crippen LogP contribution in [0.1, 0.15) is 27.9 Å². The van der Waals surface area contributed by atoms with Gasteiger partial charge >= 0.3 is 0 Å². The molecule has 9 nitrogen and oxygen atoms in total. The van der Waals surface area contributed by atoms with Crippen LogP contribution >= 0.6 is 0 Å². The standard InChI is InChI=1S/C26H24N6O3/c33-26(31-11-13-35-14-12-31)18-3-1-17(2-4-18)24-25(32-10-9-27-16-23(32)29-24)28-20-6-7-21-19(15-20)5-8-22(21)30-34/h1-4,6-7,9-10,15-16,28,34H,5,8,11-14H2/b30-22+. The smallest absolute Gasteiger partial charge is 0.254 e. The van der Waals surface area contributed by atoms with Gasteiger partial charge in [0.2, 0.25) is 0 Å². The monoisotopic (exact) mass is 468 g/mol. The molecule has 1 amide bonds. The van der Waals surface area contributed by atoms with Crippen molar-refractivity contribution in [1.82, 2.24) is 19.3 Å². The van der Waals surface area contributed by atoms with Crippen LogP contribution in [0.15, 0.2) is 66.2 Å². The quantitative estimate of drug-likeness (QED) is 0.349. The second-order valence-corrected chi connectivity index (χ2v) is 8.64. The first-order valence-electron chi connectivity index (χ1n) is 11.6. The number of anilines is 2. The van der Waals surface area contributed by atoms with Crippen LogP contribution in [0.4, 0.5) is 11.5 Å². The molecule has 35 heavy (non-hydrogen) atoms. The molecule has 2 aliphatic rings. The first kappa shape index (κ1) is 21.3. The van der Waals surface area contributed by atoms with E-state index in [0.29, 0.717) is 37.5 Å². The number of hydrogen-bond acceptors (Lipinski definition) is 7. The van der Waals surface area contributed by atoms with Crippen molar-refractivity contribution in [2.75, 3.05) is 31.6 Å². The lowest BCUT2D eigenvalue weighted by Crippen LogP contribution is -2.40. The molecule has 9 heteroatoms. The molecular formula is C26H24N6O3. The number of rotatable bonds is 4. The number of carbonyl (C=O) groups is 1. The molecule has 176 valence electrons. The summed E-state index contributed by atoms with van der Waals surface area (Å²) >= 11 is 0. The number of ether oxygens (including phenoxy) is 1. The average Bonchev–Trinajstić information content (AvgIpc) is 3.50. The number of morpholine rings is 1. The Morgan fingerprint density at radius 1 is 1.09 bits per heavy atom. The highest BCUT2D eigenvalue weighted by molar-refractivity contribution is 6.04. The molecule has 1 saturated heterocycles. The van der Waals surface area contributed by atoms with E-state index >= 15 is 0 Å². The summed E-state index contributed by atoms with van der Waals surface area (Å²) in [4.78, 5) is 23.7. The summed E-state index contributed by atoms with van der Waals surface area (Å²) in [5, 5.41) is 16.2. The van der Waals surface area contributed by atoms with Gasteiger partial charge in [0.15, 0.2) is 5.65 Å². The molecule has 0 bridgehead atoms. The lowest BCUT2D eigenvalue weighted by molar-refractivity contribution is 0.0303. The highest BCUT2D eigenvalue weighted by atomic mass is 16.5. The maximum absolute atomic E-state index is 12.8. The summed E-state index contributed by atoms with van der Waals surface area (Å²) in [6, 6.07) is 13.6. The van der Waals surface area contributed by atoms with E-state index < -0.39 is 0 Å². The average molecular weight is 469 g/mol. The van der Waals surface area contributed by atoms with Gasteiger partial charge in [-0.05, 0) is 42.7 Å². The highest BCUT2D eigenvalue weighted by Gasteiger charge is 2.21. The Labute approximate surface area is 201 Å². The zero-order chi connectivity index (χ0) is 23.8. The molecule has 1 aliphatic heterocycles. The van der Waals surface area contributed by atoms with Gasteiger partial charge in [-0.25, -0.2) is 4.98 Å². The van der Waals surface area contributed by atoms with Gasteiger partial charge in [0, 0.05) is 47.9 Å². The molecule has 4 aromatic rings. The van der Waals surface area contributed by atoms with Crippen molar-refractivity contribution in [3.63, 3.8) is 0 Å². The number of nitrogens with zero attached hydrogens (tertiary/aromatic N) is 5. The van der Waals surface area contributed by atoms with Gasteiger partial charge in [-0.1, -0.05) is 23.4 Å². The normalized spacial score (nSPS) is 16.6. The Morgan fingerprint density at radius 2 is 1.91 bits per heavy atom. The van der Waals surface area contributed by atoms with E-state index in [1.54, 1.807) is 12.4 Å². The van der Waals surface area contributed by atoms with Gasteiger partial charge in [0.1, 0.15) is 11.5 Å². The Morgan fingerprint density at radius 3 is 2.71 bits per heavy atom. The first-order valence-corrected chi connectivity index (χ1v) is 11.6. The van der Waals surface area contributed by atoms with E-state index in [4.69, 9.17) is 9.72 Å². The van der Waals surface area contributed by atoms with Crippen LogP contribution in [0, 0.1) is 0 Å². The number of fused-ring (bicyclic) bond motifs is 2. The molecule has 3 heterocycles. The van der Waals surface area contributed by atoms with E-state index in [1.165, 1.54) is 0 Å². The van der Waals surface area contributed by atoms with Crippen LogP contribution in [-0.2, 0) is 11.2 Å². The van der Waals surface area contributed by atoms with Gasteiger partial charge in [-0.3, -0.25) is 14.2 Å². The molecular weight excluding hydrogens is 444 g/mol. The largest absolute Gasteiger partial charge is 0.411 e. The number of imidazole rings is 1. The summed E-state index contributed by atoms with van der Waals surface area (Å²) in [7, 11) is 0. The Hall–Kier alpha value is -4.24. The number of aryl methyl sites for hydroxylation is 1. The van der Waals surface area contributed by atoms with Gasteiger partial charge in [-0.15, -0.1) is 0 Å². The number of benzene rings is 2. The van der Waals surface area contributed by atoms with Crippen molar-refractivity contribution >= 4 is 28.8 Å². The molecule has 2 aromatic heterocycles. The van der Waals surface area contributed by atoms with E-state index in [-0.39, 0.29) is 5.91 Å². The minimum Gasteiger partial charge on any atom is -0.411 e. The molecule has 0 atom stereocenters. The van der Waals surface area contributed by atoms with Crippen molar-refractivity contribution in [2.45, 2.75) is 12.8 Å². The molecule has 0 spiro atoms. The van der Waals surface area contributed by atoms with Gasteiger partial charge in [-0.2, -0.15) is 0 Å². The van der Waals surface area contributed by atoms with Crippen molar-refractivity contribution < 1.29 is 14.7 Å². The molecule has 0 unspecified atom stereocenters. The zero-order valence-corrected chi connectivity index (χ0v) is 19.0.